The van der Waals surface area contributed by atoms with Crippen LogP contribution >= 0.6 is 0 Å². The number of hydrogen-bond donors (Lipinski definition) is 3. The molecule has 0 saturated heterocycles. The summed E-state index contributed by atoms with van der Waals surface area (Å²) in [5.74, 6) is 3.49. The number of benzene rings is 3. The van der Waals surface area contributed by atoms with Crippen LogP contribution in [0.2, 0.25) is 0 Å². The highest BCUT2D eigenvalue weighted by Crippen LogP contribution is 2.29. The van der Waals surface area contributed by atoms with E-state index in [-0.39, 0.29) is 11.4 Å². The number of fused-ring (bicyclic) bond motifs is 1. The standard InChI is InChI=1S/C22H15N5O3/c1-2-14-4-3-5-16(12-14)24-22-21(23-15-6-9-18(28)10-7-15)25-19-11-8-17(27(29)30)13-20(19)26-22/h1,3-13,28H,(H,23,25)(H,24,26). The fourth-order valence-corrected chi connectivity index (χ4v) is 2.84. The second-order valence-corrected chi connectivity index (χ2v) is 6.37. The van der Waals surface area contributed by atoms with Gasteiger partial charge in [-0.1, -0.05) is 12.0 Å². The van der Waals surface area contributed by atoms with Gasteiger partial charge in [0, 0.05) is 29.1 Å². The summed E-state index contributed by atoms with van der Waals surface area (Å²) in [4.78, 5) is 19.7. The molecule has 30 heavy (non-hydrogen) atoms. The highest BCUT2D eigenvalue weighted by molar-refractivity contribution is 5.85. The van der Waals surface area contributed by atoms with Crippen molar-refractivity contribution in [1.29, 1.82) is 0 Å². The van der Waals surface area contributed by atoms with Gasteiger partial charge in [-0.2, -0.15) is 0 Å². The predicted octanol–water partition coefficient (Wildman–Crippen LogP) is 4.71. The normalized spacial score (nSPS) is 10.4. The van der Waals surface area contributed by atoms with Crippen molar-refractivity contribution in [1.82, 2.24) is 9.97 Å². The number of rotatable bonds is 5. The number of nitrogens with one attached hydrogen (secondary N) is 2. The van der Waals surface area contributed by atoms with Gasteiger partial charge in [0.25, 0.3) is 5.69 Å². The van der Waals surface area contributed by atoms with Gasteiger partial charge in [0.2, 0.25) is 0 Å². The highest BCUT2D eigenvalue weighted by atomic mass is 16.6. The summed E-state index contributed by atoms with van der Waals surface area (Å²) in [5.41, 5.74) is 2.86. The third-order valence-electron chi connectivity index (χ3n) is 4.28. The number of non-ortho nitro benzene ring substituents is 1. The molecule has 3 aromatic carbocycles. The fraction of sp³-hybridized carbons (Fsp3) is 0. The number of phenolic OH excluding ortho intramolecular Hbond substituents is 1. The number of aromatic hydroxyl groups is 1. The Labute approximate surface area is 171 Å². The van der Waals surface area contributed by atoms with E-state index < -0.39 is 4.92 Å². The van der Waals surface area contributed by atoms with E-state index in [0.717, 1.165) is 0 Å². The summed E-state index contributed by atoms with van der Waals surface area (Å²) in [5, 5.41) is 26.9. The Balaban J connectivity index is 1.80. The van der Waals surface area contributed by atoms with Gasteiger partial charge in [-0.05, 0) is 48.5 Å². The van der Waals surface area contributed by atoms with Gasteiger partial charge >= 0.3 is 0 Å². The number of nitro groups is 1. The molecule has 0 radical (unpaired) electrons. The monoisotopic (exact) mass is 397 g/mol. The van der Waals surface area contributed by atoms with Crippen LogP contribution in [-0.4, -0.2) is 20.0 Å². The van der Waals surface area contributed by atoms with Gasteiger partial charge in [0.1, 0.15) is 5.75 Å². The number of anilines is 4. The first kappa shape index (κ1) is 18.7. The number of aromatic nitrogens is 2. The van der Waals surface area contributed by atoms with Crippen molar-refractivity contribution in [2.45, 2.75) is 0 Å². The van der Waals surface area contributed by atoms with Crippen LogP contribution in [0.4, 0.5) is 28.7 Å². The maximum absolute atomic E-state index is 11.1. The zero-order valence-electron chi connectivity index (χ0n) is 15.5. The Morgan fingerprint density at radius 1 is 0.900 bits per heavy atom. The molecule has 3 N–H and O–H groups in total. The van der Waals surface area contributed by atoms with Crippen LogP contribution in [0.5, 0.6) is 5.75 Å². The van der Waals surface area contributed by atoms with Crippen LogP contribution in [0.15, 0.2) is 66.7 Å². The lowest BCUT2D eigenvalue weighted by atomic mass is 10.2. The molecule has 0 amide bonds. The first-order chi connectivity index (χ1) is 14.5. The Bertz CT molecular complexity index is 1300. The molecule has 1 aromatic heterocycles. The zero-order chi connectivity index (χ0) is 21.1. The molecular weight excluding hydrogens is 382 g/mol. The maximum Gasteiger partial charge on any atom is 0.271 e. The van der Waals surface area contributed by atoms with Gasteiger partial charge in [-0.25, -0.2) is 9.97 Å². The van der Waals surface area contributed by atoms with Crippen LogP contribution in [0.25, 0.3) is 11.0 Å². The van der Waals surface area contributed by atoms with Gasteiger partial charge in [-0.15, -0.1) is 6.42 Å². The van der Waals surface area contributed by atoms with Gasteiger partial charge in [0.05, 0.1) is 16.0 Å². The minimum atomic E-state index is -0.479. The largest absolute Gasteiger partial charge is 0.508 e. The second-order valence-electron chi connectivity index (χ2n) is 6.37. The summed E-state index contributed by atoms with van der Waals surface area (Å²) in [6.07, 6.45) is 5.47. The lowest BCUT2D eigenvalue weighted by Crippen LogP contribution is -2.03. The maximum atomic E-state index is 11.1. The van der Waals surface area contributed by atoms with E-state index in [2.05, 4.69) is 26.5 Å². The van der Waals surface area contributed by atoms with Crippen LogP contribution in [-0.2, 0) is 0 Å². The average Bonchev–Trinajstić information content (AvgIpc) is 2.75. The minimum absolute atomic E-state index is 0.0728. The van der Waals surface area contributed by atoms with E-state index >= 15 is 0 Å². The lowest BCUT2D eigenvalue weighted by Gasteiger charge is -2.14. The Morgan fingerprint density at radius 3 is 2.30 bits per heavy atom. The van der Waals surface area contributed by atoms with E-state index in [1.165, 1.54) is 12.1 Å². The Morgan fingerprint density at radius 2 is 1.60 bits per heavy atom. The summed E-state index contributed by atoms with van der Waals surface area (Å²) < 4.78 is 0. The molecule has 8 nitrogen and oxygen atoms in total. The molecular formula is C22H15N5O3. The van der Waals surface area contributed by atoms with Crippen LogP contribution in [0.3, 0.4) is 0 Å². The summed E-state index contributed by atoms with van der Waals surface area (Å²) in [7, 11) is 0. The van der Waals surface area contributed by atoms with Crippen LogP contribution < -0.4 is 10.6 Å². The van der Waals surface area contributed by atoms with E-state index in [9.17, 15) is 15.2 Å². The molecule has 8 heteroatoms. The predicted molar refractivity (Wildman–Crippen MR) is 115 cm³/mol. The number of hydrogen-bond acceptors (Lipinski definition) is 7. The van der Waals surface area contributed by atoms with Crippen molar-refractivity contribution in [2.75, 3.05) is 10.6 Å². The molecule has 0 atom stereocenters. The molecule has 0 saturated carbocycles. The molecule has 4 rings (SSSR count). The molecule has 146 valence electrons. The van der Waals surface area contributed by atoms with Crippen molar-refractivity contribution in [3.63, 3.8) is 0 Å². The first-order valence-corrected chi connectivity index (χ1v) is 8.88. The minimum Gasteiger partial charge on any atom is -0.508 e. The Hall–Kier alpha value is -4.64. The second kappa shape index (κ2) is 7.77. The van der Waals surface area contributed by atoms with E-state index in [4.69, 9.17) is 6.42 Å². The zero-order valence-corrected chi connectivity index (χ0v) is 15.5. The molecule has 0 fully saturated rings. The first-order valence-electron chi connectivity index (χ1n) is 8.88. The molecule has 4 aromatic rings. The fourth-order valence-electron chi connectivity index (χ4n) is 2.84. The topological polar surface area (TPSA) is 113 Å². The number of nitro benzene ring substituents is 1. The SMILES string of the molecule is C#Cc1cccc(Nc2nc3cc([N+](=O)[O-])ccc3nc2Nc2ccc(O)cc2)c1. The van der Waals surface area contributed by atoms with Crippen molar-refractivity contribution in [2.24, 2.45) is 0 Å². The molecule has 1 heterocycles. The molecule has 0 spiro atoms. The van der Waals surface area contributed by atoms with Crippen molar-refractivity contribution in [3.05, 3.63) is 82.4 Å². The van der Waals surface area contributed by atoms with E-state index in [1.54, 1.807) is 42.5 Å². The van der Waals surface area contributed by atoms with Gasteiger partial charge in [0.15, 0.2) is 11.6 Å². The molecule has 0 bridgehead atoms. The molecule has 0 aliphatic heterocycles. The molecule has 0 unspecified atom stereocenters. The summed E-state index contributed by atoms with van der Waals surface area (Å²) in [6, 6.07) is 18.0. The number of nitrogens with zero attached hydrogens (tertiary/aromatic N) is 3. The van der Waals surface area contributed by atoms with Crippen molar-refractivity contribution >= 4 is 39.7 Å². The Kier molecular flexibility index (Phi) is 4.85. The number of phenols is 1. The highest BCUT2D eigenvalue weighted by Gasteiger charge is 2.14. The van der Waals surface area contributed by atoms with Crippen LogP contribution in [0.1, 0.15) is 5.56 Å². The molecule has 0 aliphatic carbocycles. The summed E-state index contributed by atoms with van der Waals surface area (Å²) >= 11 is 0. The van der Waals surface area contributed by atoms with E-state index in [1.807, 2.05) is 12.1 Å². The van der Waals surface area contributed by atoms with Crippen molar-refractivity contribution in [3.8, 4) is 18.1 Å². The van der Waals surface area contributed by atoms with Gasteiger partial charge < -0.3 is 15.7 Å². The lowest BCUT2D eigenvalue weighted by molar-refractivity contribution is -0.384. The quantitative estimate of drug-likeness (QED) is 0.193. The van der Waals surface area contributed by atoms with Crippen LogP contribution in [0, 0.1) is 22.5 Å². The van der Waals surface area contributed by atoms with Crippen molar-refractivity contribution < 1.29 is 10.0 Å². The average molecular weight is 397 g/mol. The number of terminal acetylenes is 1. The van der Waals surface area contributed by atoms with E-state index in [0.29, 0.717) is 39.6 Å². The van der Waals surface area contributed by atoms with Gasteiger partial charge in [-0.3, -0.25) is 10.1 Å². The smallest absolute Gasteiger partial charge is 0.271 e. The third-order valence-corrected chi connectivity index (χ3v) is 4.28. The molecule has 0 aliphatic rings. The summed E-state index contributed by atoms with van der Waals surface area (Å²) in [6.45, 7) is 0. The third kappa shape index (κ3) is 3.95.